The van der Waals surface area contributed by atoms with Crippen molar-refractivity contribution < 1.29 is 0 Å². The van der Waals surface area contributed by atoms with Crippen LogP contribution in [0, 0.1) is 11.8 Å². The molecule has 0 spiro atoms. The predicted octanol–water partition coefficient (Wildman–Crippen LogP) is 10.3. The van der Waals surface area contributed by atoms with Gasteiger partial charge in [0.2, 0.25) is 0 Å². The van der Waals surface area contributed by atoms with Crippen LogP contribution in [0.3, 0.4) is 0 Å². The molecule has 0 aliphatic heterocycles. The van der Waals surface area contributed by atoms with Crippen LogP contribution in [0.2, 0.25) is 0 Å². The molecule has 0 bridgehead atoms. The molecule has 5 aromatic carbocycles. The van der Waals surface area contributed by atoms with Crippen molar-refractivity contribution in [1.29, 1.82) is 0 Å². The first-order valence-corrected chi connectivity index (χ1v) is 14.7. The van der Waals surface area contributed by atoms with Crippen LogP contribution in [-0.2, 0) is 0 Å². The monoisotopic (exact) mass is 536 g/mol. The zero-order chi connectivity index (χ0) is 27.6. The van der Waals surface area contributed by atoms with Crippen LogP contribution in [0.5, 0.6) is 0 Å². The molecule has 2 aliphatic rings. The molecule has 42 heavy (non-hydrogen) atoms. The molecule has 7 aromatic rings. The lowest BCUT2D eigenvalue weighted by Crippen LogP contribution is -2.13. The third kappa shape index (κ3) is 3.45. The van der Waals surface area contributed by atoms with E-state index in [2.05, 4.69) is 167 Å². The molecule has 0 saturated heterocycles. The number of fused-ring (bicyclic) bond motifs is 7. The van der Waals surface area contributed by atoms with E-state index >= 15 is 0 Å². The van der Waals surface area contributed by atoms with E-state index in [0.717, 1.165) is 0 Å². The smallest absolute Gasteiger partial charge is 0.0547 e. The van der Waals surface area contributed by atoms with Crippen LogP contribution < -0.4 is 0 Å². The highest BCUT2D eigenvalue weighted by Gasteiger charge is 2.21. The Balaban J connectivity index is 1.24. The van der Waals surface area contributed by atoms with Gasteiger partial charge in [-0.1, -0.05) is 109 Å². The molecule has 0 saturated carbocycles. The minimum atomic E-state index is 0.397. The van der Waals surface area contributed by atoms with Crippen molar-refractivity contribution in [1.82, 2.24) is 9.13 Å². The average Bonchev–Trinajstić information content (AvgIpc) is 3.57. The summed E-state index contributed by atoms with van der Waals surface area (Å²) in [5.74, 6) is 0.841. The highest BCUT2D eigenvalue weighted by molar-refractivity contribution is 6.13. The highest BCUT2D eigenvalue weighted by atomic mass is 15.0. The van der Waals surface area contributed by atoms with E-state index in [9.17, 15) is 0 Å². The number of hydrogen-bond donors (Lipinski definition) is 0. The van der Waals surface area contributed by atoms with Gasteiger partial charge in [0.05, 0.1) is 22.1 Å². The summed E-state index contributed by atoms with van der Waals surface area (Å²) in [5, 5.41) is 5.12. The lowest BCUT2D eigenvalue weighted by molar-refractivity contribution is 0.659. The Kier molecular flexibility index (Phi) is 5.06. The largest absolute Gasteiger partial charge is 0.310 e. The second kappa shape index (κ2) is 9.09. The van der Waals surface area contributed by atoms with E-state index < -0.39 is 0 Å². The van der Waals surface area contributed by atoms with Crippen LogP contribution in [-0.4, -0.2) is 9.13 Å². The van der Waals surface area contributed by atoms with Crippen molar-refractivity contribution in [2.45, 2.75) is 0 Å². The lowest BCUT2D eigenvalue weighted by atomic mass is 9.84. The summed E-state index contributed by atoms with van der Waals surface area (Å²) in [7, 11) is 0. The molecule has 2 atom stereocenters. The zero-order valence-electron chi connectivity index (χ0n) is 23.1. The Morgan fingerprint density at radius 1 is 0.429 bits per heavy atom. The molecular formula is C40H28N2. The Morgan fingerprint density at radius 3 is 1.88 bits per heavy atom. The maximum Gasteiger partial charge on any atom is 0.0547 e. The van der Waals surface area contributed by atoms with E-state index in [0.29, 0.717) is 11.8 Å². The number of para-hydroxylation sites is 3. The molecule has 0 fully saturated rings. The second-order valence-corrected chi connectivity index (χ2v) is 11.4. The Bertz CT molecular complexity index is 2300. The molecule has 2 heterocycles. The summed E-state index contributed by atoms with van der Waals surface area (Å²) < 4.78 is 4.83. The number of hydrogen-bond acceptors (Lipinski definition) is 0. The maximum atomic E-state index is 2.43. The number of allylic oxidation sites excluding steroid dienone is 8. The fourth-order valence-electron chi connectivity index (χ4n) is 7.05. The predicted molar refractivity (Wildman–Crippen MR) is 178 cm³/mol. The van der Waals surface area contributed by atoms with Gasteiger partial charge in [0.15, 0.2) is 0 Å². The fourth-order valence-corrected chi connectivity index (χ4v) is 7.05. The normalized spacial score (nSPS) is 17.9. The average molecular weight is 537 g/mol. The molecule has 0 radical (unpaired) electrons. The third-order valence-electron chi connectivity index (χ3n) is 9.03. The summed E-state index contributed by atoms with van der Waals surface area (Å²) >= 11 is 0. The van der Waals surface area contributed by atoms with Crippen LogP contribution in [0.15, 0.2) is 158 Å². The molecule has 2 heteroatoms. The topological polar surface area (TPSA) is 9.86 Å². The van der Waals surface area contributed by atoms with Crippen molar-refractivity contribution in [2.75, 3.05) is 0 Å². The van der Waals surface area contributed by atoms with Gasteiger partial charge in [-0.25, -0.2) is 0 Å². The first kappa shape index (κ1) is 23.4. The number of nitrogens with zero attached hydrogens (tertiary/aromatic N) is 2. The quantitative estimate of drug-likeness (QED) is 0.213. The highest BCUT2D eigenvalue weighted by Crippen LogP contribution is 2.39. The number of aromatic nitrogens is 2. The summed E-state index contributed by atoms with van der Waals surface area (Å²) in [5.41, 5.74) is 9.81. The zero-order valence-corrected chi connectivity index (χ0v) is 23.1. The molecule has 2 unspecified atom stereocenters. The van der Waals surface area contributed by atoms with Gasteiger partial charge < -0.3 is 9.13 Å². The molecule has 0 amide bonds. The molecular weight excluding hydrogens is 508 g/mol. The van der Waals surface area contributed by atoms with Crippen molar-refractivity contribution >= 4 is 49.3 Å². The summed E-state index contributed by atoms with van der Waals surface area (Å²) in [6.45, 7) is 0. The fraction of sp³-hybridized carbons (Fsp3) is 0.0500. The van der Waals surface area contributed by atoms with Gasteiger partial charge >= 0.3 is 0 Å². The summed E-state index contributed by atoms with van der Waals surface area (Å²) in [4.78, 5) is 0. The lowest BCUT2D eigenvalue weighted by Gasteiger charge is -2.24. The SMILES string of the molecule is C1=CC2C=CC(n3c4ccccc4c4cc(-c5ccc6c7ccccc7n(-c7ccccc7)c6c5)ccc43)=CC2C=C1. The van der Waals surface area contributed by atoms with Gasteiger partial charge in [0.1, 0.15) is 0 Å². The standard InChI is InChI=1S/C40H28N2/c1-2-12-31(13-3-1)41-37-16-8-6-14-33(37)35-22-19-30(26-40(35)41)29-20-23-39-36(25-29)34-15-7-9-17-38(34)42(39)32-21-18-27-10-4-5-11-28(27)24-32/h1-28H. The third-order valence-corrected chi connectivity index (χ3v) is 9.03. The van der Waals surface area contributed by atoms with E-state index in [4.69, 9.17) is 0 Å². The van der Waals surface area contributed by atoms with E-state index in [1.165, 1.54) is 66.1 Å². The van der Waals surface area contributed by atoms with E-state index in [-0.39, 0.29) is 0 Å². The maximum absolute atomic E-state index is 2.43. The molecule has 9 rings (SSSR count). The number of rotatable bonds is 3. The Labute approximate surface area is 244 Å². The minimum Gasteiger partial charge on any atom is -0.310 e. The Hall–Kier alpha value is -5.34. The second-order valence-electron chi connectivity index (χ2n) is 11.4. The van der Waals surface area contributed by atoms with Crippen LogP contribution in [0.4, 0.5) is 0 Å². The summed E-state index contributed by atoms with van der Waals surface area (Å²) in [6, 6.07) is 42.1. The Morgan fingerprint density at radius 2 is 1.05 bits per heavy atom. The van der Waals surface area contributed by atoms with Gasteiger partial charge in [-0.3, -0.25) is 0 Å². The van der Waals surface area contributed by atoms with Gasteiger partial charge in [-0.15, -0.1) is 0 Å². The van der Waals surface area contributed by atoms with Gasteiger partial charge in [-0.2, -0.15) is 0 Å². The van der Waals surface area contributed by atoms with Gasteiger partial charge in [0.25, 0.3) is 0 Å². The van der Waals surface area contributed by atoms with Crippen molar-refractivity contribution in [2.24, 2.45) is 11.8 Å². The van der Waals surface area contributed by atoms with Crippen molar-refractivity contribution in [3.63, 3.8) is 0 Å². The van der Waals surface area contributed by atoms with E-state index in [1.807, 2.05) is 0 Å². The summed E-state index contributed by atoms with van der Waals surface area (Å²) in [6.07, 6.45) is 16.0. The molecule has 198 valence electrons. The molecule has 2 nitrogen and oxygen atoms in total. The van der Waals surface area contributed by atoms with Crippen molar-refractivity contribution in [3.05, 3.63) is 158 Å². The van der Waals surface area contributed by atoms with Crippen molar-refractivity contribution in [3.8, 4) is 16.8 Å². The molecule has 2 aliphatic carbocycles. The van der Waals surface area contributed by atoms with Gasteiger partial charge in [0, 0.05) is 44.8 Å². The first-order chi connectivity index (χ1) is 20.8. The molecule has 2 aromatic heterocycles. The molecule has 0 N–H and O–H groups in total. The van der Waals surface area contributed by atoms with Crippen LogP contribution in [0.1, 0.15) is 0 Å². The van der Waals surface area contributed by atoms with Gasteiger partial charge in [-0.05, 0) is 59.7 Å². The first-order valence-electron chi connectivity index (χ1n) is 14.7. The van der Waals surface area contributed by atoms with Crippen LogP contribution in [0.25, 0.3) is 66.1 Å². The van der Waals surface area contributed by atoms with Crippen LogP contribution >= 0.6 is 0 Å². The van der Waals surface area contributed by atoms with E-state index in [1.54, 1.807) is 0 Å². The minimum absolute atomic E-state index is 0.397. The number of benzene rings is 5.